The number of para-hydroxylation sites is 1. The molecule has 0 aliphatic heterocycles. The zero-order valence-corrected chi connectivity index (χ0v) is 17.2. The van der Waals surface area contributed by atoms with Gasteiger partial charge in [-0.15, -0.1) is 0 Å². The molecule has 146 valence electrons. The summed E-state index contributed by atoms with van der Waals surface area (Å²) in [5.41, 5.74) is 4.68. The van der Waals surface area contributed by atoms with Crippen LogP contribution in [0.3, 0.4) is 0 Å². The fourth-order valence-electron chi connectivity index (χ4n) is 3.23. The van der Waals surface area contributed by atoms with Crippen LogP contribution in [0.2, 0.25) is 5.02 Å². The predicted octanol–water partition coefficient (Wildman–Crippen LogP) is 7.30. The SMILES string of the molecule is CCc1cccc(-c2cc(Cl)c(C#N)c(-c3ccc(Oc4ccccc4)cc3)n2)c1. The minimum Gasteiger partial charge on any atom is -0.457 e. The Balaban J connectivity index is 1.72. The van der Waals surface area contributed by atoms with Gasteiger partial charge >= 0.3 is 0 Å². The standard InChI is InChI=1S/C26H19ClN2O/c1-2-18-7-6-8-20(15-18)25-16-24(27)23(17-28)26(29-25)19-11-13-22(14-12-19)30-21-9-4-3-5-10-21/h3-16H,2H2,1H3. The van der Waals surface area contributed by atoms with Gasteiger partial charge in [-0.2, -0.15) is 5.26 Å². The zero-order valence-electron chi connectivity index (χ0n) is 16.5. The summed E-state index contributed by atoms with van der Waals surface area (Å²) in [6.45, 7) is 2.11. The maximum absolute atomic E-state index is 9.65. The Morgan fingerprint density at radius 3 is 2.30 bits per heavy atom. The molecule has 1 heterocycles. The first kappa shape index (κ1) is 19.7. The topological polar surface area (TPSA) is 45.9 Å². The van der Waals surface area contributed by atoms with Crippen LogP contribution in [0.25, 0.3) is 22.5 Å². The van der Waals surface area contributed by atoms with E-state index in [4.69, 9.17) is 21.3 Å². The van der Waals surface area contributed by atoms with Gasteiger partial charge in [0.25, 0.3) is 0 Å². The lowest BCUT2D eigenvalue weighted by Gasteiger charge is -2.11. The molecule has 0 amide bonds. The van der Waals surface area contributed by atoms with Crippen molar-refractivity contribution in [3.8, 4) is 40.1 Å². The van der Waals surface area contributed by atoms with E-state index >= 15 is 0 Å². The fraction of sp³-hybridized carbons (Fsp3) is 0.0769. The molecule has 0 unspecified atom stereocenters. The number of pyridine rings is 1. The Hall–Kier alpha value is -3.61. The molecule has 0 saturated heterocycles. The normalized spacial score (nSPS) is 10.4. The number of benzene rings is 3. The first-order valence-corrected chi connectivity index (χ1v) is 10.1. The molecular formula is C26H19ClN2O. The van der Waals surface area contributed by atoms with Gasteiger partial charge in [0.05, 0.1) is 22.0 Å². The maximum atomic E-state index is 9.65. The largest absolute Gasteiger partial charge is 0.457 e. The van der Waals surface area contributed by atoms with E-state index in [0.29, 0.717) is 22.0 Å². The van der Waals surface area contributed by atoms with E-state index in [1.807, 2.05) is 66.7 Å². The molecule has 3 nitrogen and oxygen atoms in total. The van der Waals surface area contributed by atoms with E-state index in [2.05, 4.69) is 25.1 Å². The number of aryl methyl sites for hydroxylation is 1. The molecule has 3 aromatic carbocycles. The molecule has 4 heteroatoms. The Morgan fingerprint density at radius 1 is 0.867 bits per heavy atom. The van der Waals surface area contributed by atoms with Gasteiger partial charge in [-0.1, -0.05) is 54.9 Å². The van der Waals surface area contributed by atoms with Gasteiger partial charge in [0, 0.05) is 11.1 Å². The van der Waals surface area contributed by atoms with Crippen LogP contribution in [0.1, 0.15) is 18.1 Å². The van der Waals surface area contributed by atoms with Gasteiger partial charge < -0.3 is 4.74 Å². The fourth-order valence-corrected chi connectivity index (χ4v) is 3.47. The smallest absolute Gasteiger partial charge is 0.127 e. The van der Waals surface area contributed by atoms with Crippen molar-refractivity contribution in [3.05, 3.63) is 101 Å². The summed E-state index contributed by atoms with van der Waals surface area (Å²) in [6.07, 6.45) is 0.938. The number of nitrogens with zero attached hydrogens (tertiary/aromatic N) is 2. The summed E-state index contributed by atoms with van der Waals surface area (Å²) in [5.74, 6) is 1.48. The van der Waals surface area contributed by atoms with Gasteiger partial charge in [-0.05, 0) is 60.5 Å². The molecule has 4 aromatic rings. The van der Waals surface area contributed by atoms with Crippen LogP contribution >= 0.6 is 11.6 Å². The first-order chi connectivity index (χ1) is 14.7. The average Bonchev–Trinajstić information content (AvgIpc) is 2.80. The number of hydrogen-bond donors (Lipinski definition) is 0. The summed E-state index contributed by atoms with van der Waals surface area (Å²) in [4.78, 5) is 4.79. The van der Waals surface area contributed by atoms with Crippen LogP contribution in [-0.4, -0.2) is 4.98 Å². The number of hydrogen-bond acceptors (Lipinski definition) is 3. The molecule has 0 radical (unpaired) electrons. The minimum absolute atomic E-state index is 0.365. The minimum atomic E-state index is 0.365. The number of halogens is 1. The predicted molar refractivity (Wildman–Crippen MR) is 121 cm³/mol. The molecule has 0 aliphatic rings. The molecule has 0 bridgehead atoms. The van der Waals surface area contributed by atoms with Gasteiger partial charge in [0.1, 0.15) is 17.6 Å². The van der Waals surface area contributed by atoms with Crippen molar-refractivity contribution in [1.82, 2.24) is 4.98 Å². The van der Waals surface area contributed by atoms with Crippen molar-refractivity contribution < 1.29 is 4.74 Å². The van der Waals surface area contributed by atoms with E-state index < -0.39 is 0 Å². The third-order valence-electron chi connectivity index (χ3n) is 4.82. The Kier molecular flexibility index (Phi) is 5.79. The van der Waals surface area contributed by atoms with Crippen molar-refractivity contribution in [2.75, 3.05) is 0 Å². The van der Waals surface area contributed by atoms with Gasteiger partial charge in [0.2, 0.25) is 0 Å². The monoisotopic (exact) mass is 410 g/mol. The van der Waals surface area contributed by atoms with Crippen LogP contribution in [0, 0.1) is 11.3 Å². The third-order valence-corrected chi connectivity index (χ3v) is 5.12. The maximum Gasteiger partial charge on any atom is 0.127 e. The van der Waals surface area contributed by atoms with Crippen molar-refractivity contribution >= 4 is 11.6 Å². The highest BCUT2D eigenvalue weighted by Crippen LogP contribution is 2.33. The third kappa shape index (κ3) is 4.20. The zero-order chi connectivity index (χ0) is 20.9. The van der Waals surface area contributed by atoms with Crippen LogP contribution in [0.4, 0.5) is 0 Å². The molecule has 0 aliphatic carbocycles. The van der Waals surface area contributed by atoms with Crippen LogP contribution in [0.5, 0.6) is 11.5 Å². The molecule has 0 N–H and O–H groups in total. The average molecular weight is 411 g/mol. The van der Waals surface area contributed by atoms with Crippen molar-refractivity contribution in [1.29, 1.82) is 5.26 Å². The molecule has 0 fully saturated rings. The quantitative estimate of drug-likeness (QED) is 0.347. The molecule has 0 spiro atoms. The van der Waals surface area contributed by atoms with Crippen LogP contribution < -0.4 is 4.74 Å². The van der Waals surface area contributed by atoms with E-state index in [1.54, 1.807) is 6.07 Å². The molecule has 0 atom stereocenters. The van der Waals surface area contributed by atoms with E-state index in [0.717, 1.165) is 29.0 Å². The van der Waals surface area contributed by atoms with E-state index in [9.17, 15) is 5.26 Å². The highest BCUT2D eigenvalue weighted by Gasteiger charge is 2.15. The highest BCUT2D eigenvalue weighted by molar-refractivity contribution is 6.32. The Morgan fingerprint density at radius 2 is 1.60 bits per heavy atom. The van der Waals surface area contributed by atoms with Gasteiger partial charge in [0.15, 0.2) is 0 Å². The molecule has 30 heavy (non-hydrogen) atoms. The highest BCUT2D eigenvalue weighted by atomic mass is 35.5. The number of nitriles is 1. The van der Waals surface area contributed by atoms with Gasteiger partial charge in [-0.25, -0.2) is 4.98 Å². The number of aromatic nitrogens is 1. The summed E-state index contributed by atoms with van der Waals surface area (Å²) < 4.78 is 5.86. The summed E-state index contributed by atoms with van der Waals surface area (Å²) in [5, 5.41) is 10.0. The second-order valence-corrected chi connectivity index (χ2v) is 7.23. The van der Waals surface area contributed by atoms with Crippen molar-refractivity contribution in [2.45, 2.75) is 13.3 Å². The number of ether oxygens (including phenoxy) is 1. The lowest BCUT2D eigenvalue weighted by molar-refractivity contribution is 0.483. The van der Waals surface area contributed by atoms with E-state index in [-0.39, 0.29) is 0 Å². The Bertz CT molecular complexity index is 1210. The second kappa shape index (κ2) is 8.82. The molecule has 1 aromatic heterocycles. The first-order valence-electron chi connectivity index (χ1n) is 9.71. The Labute approximate surface area is 181 Å². The summed E-state index contributed by atoms with van der Waals surface area (Å²) in [7, 11) is 0. The van der Waals surface area contributed by atoms with E-state index in [1.165, 1.54) is 5.56 Å². The molecular weight excluding hydrogens is 392 g/mol. The lowest BCUT2D eigenvalue weighted by Crippen LogP contribution is -1.95. The summed E-state index contributed by atoms with van der Waals surface area (Å²) >= 11 is 6.46. The van der Waals surface area contributed by atoms with Gasteiger partial charge in [-0.3, -0.25) is 0 Å². The van der Waals surface area contributed by atoms with Crippen LogP contribution in [-0.2, 0) is 6.42 Å². The number of rotatable bonds is 5. The molecule has 0 saturated carbocycles. The second-order valence-electron chi connectivity index (χ2n) is 6.82. The lowest BCUT2D eigenvalue weighted by atomic mass is 10.0. The van der Waals surface area contributed by atoms with Crippen molar-refractivity contribution in [3.63, 3.8) is 0 Å². The molecule has 4 rings (SSSR count). The van der Waals surface area contributed by atoms with Crippen molar-refractivity contribution in [2.24, 2.45) is 0 Å². The summed E-state index contributed by atoms with van der Waals surface area (Å²) in [6, 6.07) is 29.3. The van der Waals surface area contributed by atoms with Crippen LogP contribution in [0.15, 0.2) is 84.9 Å².